The second-order valence-corrected chi connectivity index (χ2v) is 7.51. The Balaban J connectivity index is 1.46. The number of hydrogen-bond donors (Lipinski definition) is 0. The van der Waals surface area contributed by atoms with Crippen LogP contribution in [0, 0.1) is 6.92 Å². The van der Waals surface area contributed by atoms with Gasteiger partial charge in [0.1, 0.15) is 12.0 Å². The average Bonchev–Trinajstić information content (AvgIpc) is 3.38. The summed E-state index contributed by atoms with van der Waals surface area (Å²) < 4.78 is 42.5. The third-order valence-electron chi connectivity index (χ3n) is 5.40. The van der Waals surface area contributed by atoms with Gasteiger partial charge in [-0.05, 0) is 31.9 Å². The normalized spacial score (nSPS) is 17.5. The fraction of sp³-hybridized carbons (Fsp3) is 0.368. The highest BCUT2D eigenvalue weighted by molar-refractivity contribution is 5.93. The molecule has 0 unspecified atom stereocenters. The quantitative estimate of drug-likeness (QED) is 0.485. The lowest BCUT2D eigenvalue weighted by Crippen LogP contribution is -2.39. The van der Waals surface area contributed by atoms with Crippen molar-refractivity contribution in [2.75, 3.05) is 13.1 Å². The van der Waals surface area contributed by atoms with Gasteiger partial charge in [0.05, 0.1) is 5.69 Å². The fourth-order valence-electron chi connectivity index (χ4n) is 4.04. The molecule has 0 spiro atoms. The largest absolute Gasteiger partial charge is 0.433 e. The zero-order valence-corrected chi connectivity index (χ0v) is 16.4. The summed E-state index contributed by atoms with van der Waals surface area (Å²) in [6.07, 6.45) is 0.0374. The molecule has 1 saturated heterocycles. The van der Waals surface area contributed by atoms with Gasteiger partial charge in [0.2, 0.25) is 0 Å². The Morgan fingerprint density at radius 2 is 2.03 bits per heavy atom. The number of rotatable bonds is 2. The van der Waals surface area contributed by atoms with Crippen molar-refractivity contribution in [1.29, 1.82) is 0 Å². The van der Waals surface area contributed by atoms with Crippen LogP contribution in [0.5, 0.6) is 0 Å². The minimum Gasteiger partial charge on any atom is -0.337 e. The highest BCUT2D eigenvalue weighted by Gasteiger charge is 2.36. The third kappa shape index (κ3) is 3.37. The second-order valence-electron chi connectivity index (χ2n) is 7.51. The molecule has 0 N–H and O–H groups in total. The number of carbonyl (C=O) groups is 1. The lowest BCUT2D eigenvalue weighted by atomic mass is 9.94. The average molecular weight is 430 g/mol. The third-order valence-corrected chi connectivity index (χ3v) is 5.40. The fourth-order valence-corrected chi connectivity index (χ4v) is 4.04. The van der Waals surface area contributed by atoms with Gasteiger partial charge in [-0.25, -0.2) is 19.0 Å². The van der Waals surface area contributed by atoms with Gasteiger partial charge in [0, 0.05) is 37.0 Å². The number of piperidine rings is 1. The summed E-state index contributed by atoms with van der Waals surface area (Å²) in [5, 5.41) is 8.14. The van der Waals surface area contributed by atoms with Crippen molar-refractivity contribution in [2.45, 2.75) is 31.9 Å². The molecule has 4 aromatic heterocycles. The first-order chi connectivity index (χ1) is 14.8. The van der Waals surface area contributed by atoms with Crippen LogP contribution < -0.4 is 0 Å². The van der Waals surface area contributed by atoms with Crippen LogP contribution in [0.25, 0.3) is 11.4 Å². The van der Waals surface area contributed by atoms with E-state index in [0.717, 1.165) is 24.6 Å². The molecule has 0 bridgehead atoms. The van der Waals surface area contributed by atoms with E-state index in [4.69, 9.17) is 0 Å². The van der Waals surface area contributed by atoms with E-state index in [-0.39, 0.29) is 23.0 Å². The molecule has 1 aliphatic rings. The van der Waals surface area contributed by atoms with Crippen LogP contribution in [-0.4, -0.2) is 58.1 Å². The van der Waals surface area contributed by atoms with Crippen LogP contribution >= 0.6 is 0 Å². The molecule has 0 aliphatic carbocycles. The Morgan fingerprint density at radius 3 is 2.84 bits per heavy atom. The number of fused-ring (bicyclic) bond motifs is 2. The lowest BCUT2D eigenvalue weighted by molar-refractivity contribution is -0.142. The maximum Gasteiger partial charge on any atom is 0.433 e. The number of hydrogen-bond acceptors (Lipinski definition) is 6. The van der Waals surface area contributed by atoms with Gasteiger partial charge in [-0.3, -0.25) is 4.79 Å². The van der Waals surface area contributed by atoms with E-state index in [1.165, 1.54) is 19.3 Å². The Bertz CT molecular complexity index is 1290. The molecule has 31 heavy (non-hydrogen) atoms. The molecule has 9 nitrogen and oxygen atoms in total. The molecule has 1 aliphatic heterocycles. The van der Waals surface area contributed by atoms with Crippen molar-refractivity contribution in [3.63, 3.8) is 0 Å². The van der Waals surface area contributed by atoms with Crippen LogP contribution in [0.1, 0.15) is 46.3 Å². The van der Waals surface area contributed by atoms with Crippen molar-refractivity contribution in [1.82, 2.24) is 39.1 Å². The van der Waals surface area contributed by atoms with Crippen LogP contribution in [-0.2, 0) is 6.18 Å². The number of alkyl halides is 3. The number of nitrogens with zero attached hydrogens (tertiary/aromatic N) is 8. The van der Waals surface area contributed by atoms with E-state index < -0.39 is 17.8 Å². The molecule has 1 fully saturated rings. The SMILES string of the molecule is Cc1cc(C(F)(F)F)n2nc(C(=O)N3CCC[C@H](c4ccnc5ncnn45)C3)cc2n1. The molecule has 0 saturated carbocycles. The topological polar surface area (TPSA) is 93.6 Å². The minimum atomic E-state index is -4.61. The summed E-state index contributed by atoms with van der Waals surface area (Å²) in [7, 11) is 0. The zero-order chi connectivity index (χ0) is 21.8. The van der Waals surface area contributed by atoms with E-state index in [0.29, 0.717) is 23.4 Å². The summed E-state index contributed by atoms with van der Waals surface area (Å²) in [5.41, 5.74) is 0.0430. The molecule has 1 amide bonds. The van der Waals surface area contributed by atoms with Crippen LogP contribution in [0.2, 0.25) is 0 Å². The predicted octanol–water partition coefficient (Wildman–Crippen LogP) is 2.51. The number of carbonyl (C=O) groups excluding carboxylic acids is 1. The monoisotopic (exact) mass is 430 g/mol. The Labute approximate surface area is 173 Å². The van der Waals surface area contributed by atoms with Gasteiger partial charge in [0.25, 0.3) is 11.7 Å². The summed E-state index contributed by atoms with van der Waals surface area (Å²) in [6.45, 7) is 2.36. The molecular formula is C19H17F3N8O. The Kier molecular flexibility index (Phi) is 4.38. The predicted molar refractivity (Wildman–Crippen MR) is 101 cm³/mol. The van der Waals surface area contributed by atoms with E-state index in [1.54, 1.807) is 15.6 Å². The van der Waals surface area contributed by atoms with Gasteiger partial charge in [-0.15, -0.1) is 0 Å². The van der Waals surface area contributed by atoms with Crippen LogP contribution in [0.15, 0.2) is 30.7 Å². The van der Waals surface area contributed by atoms with Gasteiger partial charge in [-0.1, -0.05) is 0 Å². The number of amides is 1. The van der Waals surface area contributed by atoms with Crippen LogP contribution in [0.4, 0.5) is 13.2 Å². The van der Waals surface area contributed by atoms with Crippen molar-refractivity contribution in [3.05, 3.63) is 53.5 Å². The highest BCUT2D eigenvalue weighted by Crippen LogP contribution is 2.31. The molecule has 4 aromatic rings. The van der Waals surface area contributed by atoms with Crippen molar-refractivity contribution >= 4 is 17.3 Å². The molecule has 0 aromatic carbocycles. The molecule has 1 atom stereocenters. The number of aromatic nitrogens is 7. The maximum atomic E-state index is 13.4. The lowest BCUT2D eigenvalue weighted by Gasteiger charge is -2.32. The van der Waals surface area contributed by atoms with E-state index >= 15 is 0 Å². The standard InChI is InChI=1S/C19H17F3N8O/c1-11-7-15(19(20,21)22)30-16(26-11)8-13(27-30)17(31)28-6-2-3-12(9-28)14-4-5-23-18-24-10-25-29(14)18/h4-5,7-8,10,12H,2-3,6,9H2,1H3/t12-/m0/s1. The summed E-state index contributed by atoms with van der Waals surface area (Å²) in [6, 6.07) is 4.06. The Hall–Kier alpha value is -3.57. The second kappa shape index (κ2) is 7.00. The number of aryl methyl sites for hydroxylation is 1. The molecule has 12 heteroatoms. The van der Waals surface area contributed by atoms with E-state index in [1.807, 2.05) is 6.07 Å². The summed E-state index contributed by atoms with van der Waals surface area (Å²) >= 11 is 0. The smallest absolute Gasteiger partial charge is 0.337 e. The van der Waals surface area contributed by atoms with E-state index in [9.17, 15) is 18.0 Å². The van der Waals surface area contributed by atoms with Gasteiger partial charge >= 0.3 is 6.18 Å². The summed E-state index contributed by atoms with van der Waals surface area (Å²) in [5.74, 6) is 0.0420. The highest BCUT2D eigenvalue weighted by atomic mass is 19.4. The molecule has 0 radical (unpaired) electrons. The van der Waals surface area contributed by atoms with Crippen LogP contribution in [0.3, 0.4) is 0 Å². The first-order valence-electron chi connectivity index (χ1n) is 9.70. The van der Waals surface area contributed by atoms with Gasteiger partial charge in [-0.2, -0.15) is 28.4 Å². The van der Waals surface area contributed by atoms with Crippen molar-refractivity contribution in [2.24, 2.45) is 0 Å². The van der Waals surface area contributed by atoms with Crippen molar-refractivity contribution < 1.29 is 18.0 Å². The number of likely N-dealkylation sites (tertiary alicyclic amines) is 1. The van der Waals surface area contributed by atoms with E-state index in [2.05, 4.69) is 25.1 Å². The Morgan fingerprint density at radius 1 is 1.19 bits per heavy atom. The van der Waals surface area contributed by atoms with Crippen molar-refractivity contribution in [3.8, 4) is 0 Å². The molecule has 5 rings (SSSR count). The van der Waals surface area contributed by atoms with Gasteiger partial charge in [0.15, 0.2) is 11.3 Å². The zero-order valence-electron chi connectivity index (χ0n) is 16.4. The molecule has 5 heterocycles. The summed E-state index contributed by atoms with van der Waals surface area (Å²) in [4.78, 5) is 27.0. The first-order valence-corrected chi connectivity index (χ1v) is 9.70. The molecular weight excluding hydrogens is 413 g/mol. The first kappa shape index (κ1) is 19.4. The maximum absolute atomic E-state index is 13.4. The van der Waals surface area contributed by atoms with Gasteiger partial charge < -0.3 is 4.90 Å². The minimum absolute atomic E-state index is 0.00645. The number of halogens is 3. The molecule has 160 valence electrons.